The van der Waals surface area contributed by atoms with Crippen molar-refractivity contribution in [2.75, 3.05) is 26.2 Å². The van der Waals surface area contributed by atoms with Gasteiger partial charge in [-0.05, 0) is 37.2 Å². The summed E-state index contributed by atoms with van der Waals surface area (Å²) in [6.07, 6.45) is 1.02. The molecule has 0 aliphatic carbocycles. The van der Waals surface area contributed by atoms with E-state index in [-0.39, 0.29) is 0 Å². The number of likely N-dealkylation sites (N-methyl/N-ethyl adjacent to an activating group) is 1. The van der Waals surface area contributed by atoms with E-state index in [1.807, 2.05) is 13.0 Å². The normalized spacial score (nSPS) is 11.2. The van der Waals surface area contributed by atoms with E-state index in [2.05, 4.69) is 34.7 Å². The van der Waals surface area contributed by atoms with Gasteiger partial charge in [0.25, 0.3) is 0 Å². The number of oxazole rings is 1. The Kier molecular flexibility index (Phi) is 4.73. The van der Waals surface area contributed by atoms with Crippen molar-refractivity contribution >= 4 is 11.1 Å². The highest BCUT2D eigenvalue weighted by molar-refractivity contribution is 5.73. The van der Waals surface area contributed by atoms with Gasteiger partial charge in [-0.1, -0.05) is 13.0 Å². The quantitative estimate of drug-likeness (QED) is 0.733. The van der Waals surface area contributed by atoms with E-state index < -0.39 is 0 Å². The molecule has 4 nitrogen and oxygen atoms in total. The van der Waals surface area contributed by atoms with Gasteiger partial charge in [0.05, 0.1) is 0 Å². The third-order valence-corrected chi connectivity index (χ3v) is 2.88. The summed E-state index contributed by atoms with van der Waals surface area (Å²) in [6, 6.07) is 6.23. The first-order chi connectivity index (χ1) is 8.79. The Labute approximate surface area is 108 Å². The zero-order chi connectivity index (χ0) is 12.8. The van der Waals surface area contributed by atoms with Crippen molar-refractivity contribution in [3.8, 4) is 0 Å². The first-order valence-corrected chi connectivity index (χ1v) is 6.57. The van der Waals surface area contributed by atoms with Gasteiger partial charge in [0.1, 0.15) is 5.52 Å². The summed E-state index contributed by atoms with van der Waals surface area (Å²) in [6.45, 7) is 8.05. The van der Waals surface area contributed by atoms with Crippen LogP contribution in [0.15, 0.2) is 22.6 Å². The zero-order valence-electron chi connectivity index (χ0n) is 11.1. The van der Waals surface area contributed by atoms with Gasteiger partial charge in [-0.3, -0.25) is 0 Å². The second kappa shape index (κ2) is 6.52. The topological polar surface area (TPSA) is 50.1 Å². The lowest BCUT2D eigenvalue weighted by Gasteiger charge is -2.05. The average Bonchev–Trinajstić information content (AvgIpc) is 2.73. The summed E-state index contributed by atoms with van der Waals surface area (Å²) >= 11 is 0. The molecule has 1 heterocycles. The average molecular weight is 247 g/mol. The van der Waals surface area contributed by atoms with E-state index >= 15 is 0 Å². The van der Waals surface area contributed by atoms with Gasteiger partial charge in [0.2, 0.25) is 0 Å². The van der Waals surface area contributed by atoms with Crippen LogP contribution in [0.5, 0.6) is 0 Å². The second-order valence-electron chi connectivity index (χ2n) is 4.39. The summed E-state index contributed by atoms with van der Waals surface area (Å²) in [4.78, 5) is 4.29. The van der Waals surface area contributed by atoms with Crippen LogP contribution >= 0.6 is 0 Å². The predicted molar refractivity (Wildman–Crippen MR) is 73.9 cm³/mol. The Bertz CT molecular complexity index is 493. The molecule has 0 saturated heterocycles. The molecule has 0 amide bonds. The van der Waals surface area contributed by atoms with Crippen LogP contribution in [0.4, 0.5) is 0 Å². The molecule has 1 aromatic heterocycles. The van der Waals surface area contributed by atoms with Crippen molar-refractivity contribution in [3.05, 3.63) is 29.7 Å². The zero-order valence-corrected chi connectivity index (χ0v) is 11.1. The maximum Gasteiger partial charge on any atom is 0.192 e. The van der Waals surface area contributed by atoms with E-state index in [1.165, 1.54) is 5.56 Å². The molecule has 2 N–H and O–H groups in total. The molecule has 0 aliphatic heterocycles. The monoisotopic (exact) mass is 247 g/mol. The highest BCUT2D eigenvalue weighted by Gasteiger charge is 2.02. The minimum atomic E-state index is 0.728. The van der Waals surface area contributed by atoms with E-state index in [0.29, 0.717) is 0 Å². The smallest absolute Gasteiger partial charge is 0.192 e. The van der Waals surface area contributed by atoms with E-state index in [1.54, 1.807) is 0 Å². The van der Waals surface area contributed by atoms with Crippen LogP contribution < -0.4 is 10.6 Å². The molecule has 0 radical (unpaired) electrons. The number of fused-ring (bicyclic) bond motifs is 1. The van der Waals surface area contributed by atoms with Gasteiger partial charge in [0, 0.05) is 20.0 Å². The predicted octanol–water partition coefficient (Wildman–Crippen LogP) is 1.88. The van der Waals surface area contributed by atoms with Crippen LogP contribution in [0, 0.1) is 6.92 Å². The molecular formula is C14H21N3O. The molecule has 98 valence electrons. The summed E-state index contributed by atoms with van der Waals surface area (Å²) in [5.74, 6) is 0.728. The van der Waals surface area contributed by atoms with Gasteiger partial charge in [0.15, 0.2) is 11.5 Å². The fraction of sp³-hybridized carbons (Fsp3) is 0.500. The molecule has 0 saturated carbocycles. The van der Waals surface area contributed by atoms with E-state index in [9.17, 15) is 0 Å². The van der Waals surface area contributed by atoms with Crippen molar-refractivity contribution < 1.29 is 4.42 Å². The summed E-state index contributed by atoms with van der Waals surface area (Å²) in [7, 11) is 0. The van der Waals surface area contributed by atoms with Crippen molar-refractivity contribution in [2.24, 2.45) is 0 Å². The number of benzene rings is 1. The Hall–Kier alpha value is -1.39. The third-order valence-electron chi connectivity index (χ3n) is 2.88. The van der Waals surface area contributed by atoms with Gasteiger partial charge < -0.3 is 15.1 Å². The largest absolute Gasteiger partial charge is 0.441 e. The maximum absolute atomic E-state index is 5.53. The molecule has 2 aromatic rings. The van der Waals surface area contributed by atoms with Crippen molar-refractivity contribution in [3.63, 3.8) is 0 Å². The van der Waals surface area contributed by atoms with Gasteiger partial charge in [-0.15, -0.1) is 0 Å². The molecule has 2 rings (SSSR count). The number of hydrogen-bond acceptors (Lipinski definition) is 4. The van der Waals surface area contributed by atoms with Crippen LogP contribution in [-0.4, -0.2) is 31.2 Å². The van der Waals surface area contributed by atoms with Crippen molar-refractivity contribution in [1.82, 2.24) is 15.6 Å². The summed E-state index contributed by atoms with van der Waals surface area (Å²) in [5, 5.41) is 6.70. The standard InChI is InChI=1S/C14H21N3O/c1-3-15-8-9-16-7-6-12-4-5-13-14(10-12)18-11(2)17-13/h4-5,10,15-16H,3,6-9H2,1-2H3. The molecule has 0 spiro atoms. The Balaban J connectivity index is 1.80. The number of rotatable bonds is 7. The minimum Gasteiger partial charge on any atom is -0.441 e. The van der Waals surface area contributed by atoms with Crippen LogP contribution in [-0.2, 0) is 6.42 Å². The molecule has 0 atom stereocenters. The highest BCUT2D eigenvalue weighted by atomic mass is 16.3. The van der Waals surface area contributed by atoms with Crippen LogP contribution in [0.2, 0.25) is 0 Å². The lowest BCUT2D eigenvalue weighted by Crippen LogP contribution is -2.28. The number of aryl methyl sites for hydroxylation is 1. The first kappa shape index (κ1) is 13.1. The number of hydrogen-bond donors (Lipinski definition) is 2. The van der Waals surface area contributed by atoms with E-state index in [0.717, 1.165) is 49.6 Å². The van der Waals surface area contributed by atoms with E-state index in [4.69, 9.17) is 4.42 Å². The lowest BCUT2D eigenvalue weighted by atomic mass is 10.1. The SMILES string of the molecule is CCNCCNCCc1ccc2nc(C)oc2c1. The van der Waals surface area contributed by atoms with Gasteiger partial charge >= 0.3 is 0 Å². The molecule has 0 unspecified atom stereocenters. The molecule has 1 aromatic carbocycles. The Morgan fingerprint density at radius 3 is 2.83 bits per heavy atom. The fourth-order valence-electron chi connectivity index (χ4n) is 1.95. The summed E-state index contributed by atoms with van der Waals surface area (Å²) < 4.78 is 5.53. The Morgan fingerprint density at radius 2 is 2.00 bits per heavy atom. The molecule has 18 heavy (non-hydrogen) atoms. The molecule has 0 bridgehead atoms. The van der Waals surface area contributed by atoms with Crippen LogP contribution in [0.25, 0.3) is 11.1 Å². The minimum absolute atomic E-state index is 0.728. The number of nitrogens with zero attached hydrogens (tertiary/aromatic N) is 1. The number of nitrogens with one attached hydrogen (secondary N) is 2. The molecule has 0 fully saturated rings. The number of aromatic nitrogens is 1. The van der Waals surface area contributed by atoms with Crippen LogP contribution in [0.1, 0.15) is 18.4 Å². The van der Waals surface area contributed by atoms with Gasteiger partial charge in [-0.2, -0.15) is 0 Å². The van der Waals surface area contributed by atoms with Crippen LogP contribution in [0.3, 0.4) is 0 Å². The molecular weight excluding hydrogens is 226 g/mol. The Morgan fingerprint density at radius 1 is 1.17 bits per heavy atom. The highest BCUT2D eigenvalue weighted by Crippen LogP contribution is 2.16. The second-order valence-corrected chi connectivity index (χ2v) is 4.39. The first-order valence-electron chi connectivity index (χ1n) is 6.57. The fourth-order valence-corrected chi connectivity index (χ4v) is 1.95. The van der Waals surface area contributed by atoms with Gasteiger partial charge in [-0.25, -0.2) is 4.98 Å². The third kappa shape index (κ3) is 3.55. The molecule has 4 heteroatoms. The molecule has 0 aliphatic rings. The maximum atomic E-state index is 5.53. The van der Waals surface area contributed by atoms with Crippen molar-refractivity contribution in [1.29, 1.82) is 0 Å². The summed E-state index contributed by atoms with van der Waals surface area (Å²) in [5.41, 5.74) is 3.11. The van der Waals surface area contributed by atoms with Crippen molar-refractivity contribution in [2.45, 2.75) is 20.3 Å². The lowest BCUT2D eigenvalue weighted by molar-refractivity contribution is 0.560.